The van der Waals surface area contributed by atoms with Crippen molar-refractivity contribution < 1.29 is 9.53 Å². The van der Waals surface area contributed by atoms with E-state index in [-0.39, 0.29) is 5.97 Å². The van der Waals surface area contributed by atoms with E-state index in [0.717, 1.165) is 16.0 Å². The van der Waals surface area contributed by atoms with Crippen molar-refractivity contribution in [1.29, 1.82) is 0 Å². The molecule has 1 aromatic carbocycles. The molecule has 0 aliphatic rings. The van der Waals surface area contributed by atoms with E-state index in [9.17, 15) is 4.79 Å². The molecule has 0 saturated carbocycles. The number of rotatable bonds is 4. The number of hydrogen-bond acceptors (Lipinski definition) is 3. The van der Waals surface area contributed by atoms with Gasteiger partial charge in [0.05, 0.1) is 12.7 Å². The predicted molar refractivity (Wildman–Crippen MR) is 62.3 cm³/mol. The molecule has 4 heteroatoms. The third-order valence-corrected chi connectivity index (χ3v) is 3.56. The third-order valence-electron chi connectivity index (χ3n) is 1.62. The number of halogens is 1. The maximum absolute atomic E-state index is 11.1. The molecule has 1 aromatic rings. The van der Waals surface area contributed by atoms with Crippen LogP contribution in [0.2, 0.25) is 0 Å². The first-order valence-electron chi connectivity index (χ1n) is 4.15. The minimum absolute atomic E-state index is 0.290. The Morgan fingerprint density at radius 2 is 2.07 bits per heavy atom. The van der Waals surface area contributed by atoms with Gasteiger partial charge in [-0.3, -0.25) is 0 Å². The number of methoxy groups -OCH3 is 1. The molecule has 0 saturated heterocycles. The Morgan fingerprint density at radius 1 is 1.43 bits per heavy atom. The highest BCUT2D eigenvalue weighted by atomic mass is 79.9. The molecule has 76 valence electrons. The summed E-state index contributed by atoms with van der Waals surface area (Å²) in [5.74, 6) is 0.736. The molecule has 0 aliphatic carbocycles. The first-order chi connectivity index (χ1) is 6.77. The van der Waals surface area contributed by atoms with Gasteiger partial charge < -0.3 is 4.74 Å². The second-order valence-electron chi connectivity index (χ2n) is 2.55. The van der Waals surface area contributed by atoms with Gasteiger partial charge in [0.1, 0.15) is 0 Å². The molecular weight excluding hydrogens is 264 g/mol. The minimum Gasteiger partial charge on any atom is -0.465 e. The van der Waals surface area contributed by atoms with Crippen molar-refractivity contribution >= 4 is 33.7 Å². The quantitative estimate of drug-likeness (QED) is 0.480. The van der Waals surface area contributed by atoms with E-state index in [1.54, 1.807) is 23.9 Å². The van der Waals surface area contributed by atoms with Gasteiger partial charge >= 0.3 is 5.97 Å². The molecule has 0 bridgehead atoms. The van der Waals surface area contributed by atoms with Crippen LogP contribution in [-0.2, 0) is 4.74 Å². The Hall–Kier alpha value is -0.480. The third kappa shape index (κ3) is 3.35. The van der Waals surface area contributed by atoms with Crippen LogP contribution in [-0.4, -0.2) is 24.2 Å². The molecule has 0 atom stereocenters. The Bertz CT molecular complexity index is 297. The Balaban J connectivity index is 2.63. The van der Waals surface area contributed by atoms with Gasteiger partial charge in [-0.25, -0.2) is 4.79 Å². The molecule has 0 heterocycles. The average molecular weight is 275 g/mol. The molecule has 0 spiro atoms. The van der Waals surface area contributed by atoms with Crippen LogP contribution in [0.4, 0.5) is 0 Å². The Kier molecular flexibility index (Phi) is 5.04. The zero-order chi connectivity index (χ0) is 10.4. The average Bonchev–Trinajstić information content (AvgIpc) is 2.26. The van der Waals surface area contributed by atoms with E-state index >= 15 is 0 Å². The molecule has 0 unspecified atom stereocenters. The lowest BCUT2D eigenvalue weighted by atomic mass is 10.2. The fourth-order valence-corrected chi connectivity index (χ4v) is 2.09. The summed E-state index contributed by atoms with van der Waals surface area (Å²) >= 11 is 5.11. The number of benzene rings is 1. The van der Waals surface area contributed by atoms with Crippen molar-refractivity contribution in [2.45, 2.75) is 4.90 Å². The monoisotopic (exact) mass is 274 g/mol. The van der Waals surface area contributed by atoms with E-state index in [2.05, 4.69) is 20.7 Å². The highest BCUT2D eigenvalue weighted by Crippen LogP contribution is 2.18. The van der Waals surface area contributed by atoms with Crippen LogP contribution in [0.15, 0.2) is 29.2 Å². The van der Waals surface area contributed by atoms with Crippen molar-refractivity contribution in [3.8, 4) is 0 Å². The molecule has 0 radical (unpaired) electrons. The Labute approximate surface area is 96.2 Å². The summed E-state index contributed by atoms with van der Waals surface area (Å²) in [6.07, 6.45) is 0. The fraction of sp³-hybridized carbons (Fsp3) is 0.300. The minimum atomic E-state index is -0.290. The summed E-state index contributed by atoms with van der Waals surface area (Å²) in [7, 11) is 1.38. The van der Waals surface area contributed by atoms with E-state index in [4.69, 9.17) is 0 Å². The van der Waals surface area contributed by atoms with Gasteiger partial charge in [-0.15, -0.1) is 11.8 Å². The van der Waals surface area contributed by atoms with E-state index in [0.29, 0.717) is 5.56 Å². The second-order valence-corrected chi connectivity index (χ2v) is 4.51. The van der Waals surface area contributed by atoms with Gasteiger partial charge in [0.2, 0.25) is 0 Å². The molecule has 2 nitrogen and oxygen atoms in total. The summed E-state index contributed by atoms with van der Waals surface area (Å²) in [5, 5.41) is 0.969. The highest BCUT2D eigenvalue weighted by molar-refractivity contribution is 9.09. The number of esters is 1. The molecule has 0 amide bonds. The maximum atomic E-state index is 11.1. The van der Waals surface area contributed by atoms with Gasteiger partial charge in [-0.05, 0) is 24.3 Å². The normalized spacial score (nSPS) is 9.86. The van der Waals surface area contributed by atoms with E-state index in [1.807, 2.05) is 12.1 Å². The van der Waals surface area contributed by atoms with Crippen molar-refractivity contribution in [1.82, 2.24) is 0 Å². The summed E-state index contributed by atoms with van der Waals surface area (Å²) in [6.45, 7) is 0. The van der Waals surface area contributed by atoms with Crippen LogP contribution in [0.1, 0.15) is 10.4 Å². The van der Waals surface area contributed by atoms with Crippen LogP contribution in [0.25, 0.3) is 0 Å². The second kappa shape index (κ2) is 6.09. The van der Waals surface area contributed by atoms with E-state index in [1.165, 1.54) is 7.11 Å². The predicted octanol–water partition coefficient (Wildman–Crippen LogP) is 2.96. The van der Waals surface area contributed by atoms with Gasteiger partial charge in [0.25, 0.3) is 0 Å². The highest BCUT2D eigenvalue weighted by Gasteiger charge is 2.03. The first kappa shape index (κ1) is 11.6. The maximum Gasteiger partial charge on any atom is 0.337 e. The number of thioether (sulfide) groups is 1. The van der Waals surface area contributed by atoms with Crippen molar-refractivity contribution in [3.63, 3.8) is 0 Å². The number of carbonyl (C=O) groups excluding carboxylic acids is 1. The summed E-state index contributed by atoms with van der Waals surface area (Å²) < 4.78 is 4.60. The number of carbonyl (C=O) groups is 1. The van der Waals surface area contributed by atoms with Crippen LogP contribution < -0.4 is 0 Å². The standard InChI is InChI=1S/C10H11BrO2S/c1-13-10(12)8-2-4-9(5-3-8)14-7-6-11/h2-5H,6-7H2,1H3. The molecule has 0 aliphatic heterocycles. The zero-order valence-corrected chi connectivity index (χ0v) is 10.2. The number of hydrogen-bond donors (Lipinski definition) is 0. The lowest BCUT2D eigenvalue weighted by molar-refractivity contribution is 0.0600. The van der Waals surface area contributed by atoms with E-state index < -0.39 is 0 Å². The molecule has 14 heavy (non-hydrogen) atoms. The fourth-order valence-electron chi connectivity index (χ4n) is 0.962. The lowest BCUT2D eigenvalue weighted by Gasteiger charge is -2.01. The SMILES string of the molecule is COC(=O)c1ccc(SCCBr)cc1. The summed E-state index contributed by atoms with van der Waals surface area (Å²) in [4.78, 5) is 12.3. The van der Waals surface area contributed by atoms with Gasteiger partial charge in [0.15, 0.2) is 0 Å². The lowest BCUT2D eigenvalue weighted by Crippen LogP contribution is -2.00. The van der Waals surface area contributed by atoms with Crippen LogP contribution in [0, 0.1) is 0 Å². The summed E-state index contributed by atoms with van der Waals surface area (Å²) in [6, 6.07) is 7.42. The zero-order valence-electron chi connectivity index (χ0n) is 7.83. The molecule has 1 rings (SSSR count). The number of ether oxygens (including phenoxy) is 1. The van der Waals surface area contributed by atoms with Crippen LogP contribution >= 0.6 is 27.7 Å². The topological polar surface area (TPSA) is 26.3 Å². The van der Waals surface area contributed by atoms with Crippen LogP contribution in [0.3, 0.4) is 0 Å². The first-order valence-corrected chi connectivity index (χ1v) is 6.25. The van der Waals surface area contributed by atoms with Gasteiger partial charge in [-0.1, -0.05) is 15.9 Å². The molecule has 0 fully saturated rings. The van der Waals surface area contributed by atoms with Crippen molar-refractivity contribution in [2.24, 2.45) is 0 Å². The molecule has 0 N–H and O–H groups in total. The molecule has 0 aromatic heterocycles. The van der Waals surface area contributed by atoms with Gasteiger partial charge in [-0.2, -0.15) is 0 Å². The smallest absolute Gasteiger partial charge is 0.337 e. The van der Waals surface area contributed by atoms with Crippen molar-refractivity contribution in [2.75, 3.05) is 18.2 Å². The van der Waals surface area contributed by atoms with Crippen molar-refractivity contribution in [3.05, 3.63) is 29.8 Å². The van der Waals surface area contributed by atoms with Gasteiger partial charge in [0, 0.05) is 16.0 Å². The van der Waals surface area contributed by atoms with Crippen LogP contribution in [0.5, 0.6) is 0 Å². The Morgan fingerprint density at radius 3 is 2.57 bits per heavy atom. The molecular formula is C10H11BrO2S. The largest absolute Gasteiger partial charge is 0.465 e. The summed E-state index contributed by atoms with van der Waals surface area (Å²) in [5.41, 5.74) is 0.593. The number of alkyl halides is 1.